The fourth-order valence-corrected chi connectivity index (χ4v) is 3.39. The number of carbonyl (C=O) groups is 2. The van der Waals surface area contributed by atoms with Gasteiger partial charge in [0.1, 0.15) is 17.6 Å². The van der Waals surface area contributed by atoms with E-state index in [-0.39, 0.29) is 17.5 Å². The molecule has 0 radical (unpaired) electrons. The molecule has 3 N–H and O–H groups in total. The Bertz CT molecular complexity index is 692. The minimum Gasteiger partial charge on any atom is -0.369 e. The van der Waals surface area contributed by atoms with E-state index in [0.29, 0.717) is 24.3 Å². The molecule has 9 nitrogen and oxygen atoms in total. The standard InChI is InChI=1S/C14H17N5O4/c1-8-5-10(19(22)23)7-16-11(8)15-6-9-3-2-4-14(9)12(20)17-13(21)18-14/h5,7,9H,2-4,6H2,1H3,(H,15,16)(H2,17,18,20,21). The molecule has 1 aliphatic heterocycles. The van der Waals surface area contributed by atoms with Gasteiger partial charge in [-0.15, -0.1) is 0 Å². The summed E-state index contributed by atoms with van der Waals surface area (Å²) in [6.45, 7) is 2.19. The SMILES string of the molecule is Cc1cc([N+](=O)[O-])cnc1NCC1CCCC12NC(=O)NC2=O. The van der Waals surface area contributed by atoms with Crippen molar-refractivity contribution in [1.29, 1.82) is 0 Å². The molecule has 9 heteroatoms. The maximum absolute atomic E-state index is 12.1. The molecule has 1 aromatic rings. The van der Waals surface area contributed by atoms with E-state index in [1.165, 1.54) is 12.3 Å². The maximum atomic E-state index is 12.1. The van der Waals surface area contributed by atoms with E-state index in [1.54, 1.807) is 6.92 Å². The van der Waals surface area contributed by atoms with E-state index >= 15 is 0 Å². The molecule has 2 unspecified atom stereocenters. The number of nitro groups is 1. The molecule has 1 aliphatic carbocycles. The quantitative estimate of drug-likeness (QED) is 0.433. The van der Waals surface area contributed by atoms with Crippen LogP contribution in [-0.2, 0) is 4.79 Å². The van der Waals surface area contributed by atoms with Crippen molar-refractivity contribution in [3.8, 4) is 0 Å². The van der Waals surface area contributed by atoms with Gasteiger partial charge in [-0.05, 0) is 25.3 Å². The summed E-state index contributed by atoms with van der Waals surface area (Å²) >= 11 is 0. The van der Waals surface area contributed by atoms with Crippen LogP contribution in [0.4, 0.5) is 16.3 Å². The lowest BCUT2D eigenvalue weighted by atomic mass is 9.87. The van der Waals surface area contributed by atoms with E-state index in [9.17, 15) is 19.7 Å². The van der Waals surface area contributed by atoms with Crippen LogP contribution in [-0.4, -0.2) is 33.9 Å². The van der Waals surface area contributed by atoms with Gasteiger partial charge in [-0.3, -0.25) is 20.2 Å². The Balaban J connectivity index is 1.72. The molecule has 122 valence electrons. The second kappa shape index (κ2) is 5.49. The number of pyridine rings is 1. The third-order valence-corrected chi connectivity index (χ3v) is 4.58. The smallest absolute Gasteiger partial charge is 0.322 e. The number of carbonyl (C=O) groups excluding carboxylic acids is 2. The highest BCUT2D eigenvalue weighted by Crippen LogP contribution is 2.38. The lowest BCUT2D eigenvalue weighted by molar-refractivity contribution is -0.385. The predicted molar refractivity (Wildman–Crippen MR) is 80.9 cm³/mol. The summed E-state index contributed by atoms with van der Waals surface area (Å²) in [6, 6.07) is 0.996. The van der Waals surface area contributed by atoms with Crippen molar-refractivity contribution < 1.29 is 14.5 Å². The molecule has 2 fully saturated rings. The van der Waals surface area contributed by atoms with Gasteiger partial charge in [-0.25, -0.2) is 9.78 Å². The topological polar surface area (TPSA) is 126 Å². The van der Waals surface area contributed by atoms with Gasteiger partial charge in [0.15, 0.2) is 0 Å². The van der Waals surface area contributed by atoms with Crippen LogP contribution < -0.4 is 16.0 Å². The van der Waals surface area contributed by atoms with E-state index < -0.39 is 16.5 Å². The van der Waals surface area contributed by atoms with E-state index in [1.807, 2.05) is 0 Å². The molecule has 1 saturated heterocycles. The summed E-state index contributed by atoms with van der Waals surface area (Å²) in [5, 5.41) is 18.9. The monoisotopic (exact) mass is 319 g/mol. The van der Waals surface area contributed by atoms with Gasteiger partial charge in [-0.2, -0.15) is 0 Å². The first kappa shape index (κ1) is 15.2. The molecule has 23 heavy (non-hydrogen) atoms. The number of hydrogen-bond donors (Lipinski definition) is 3. The summed E-state index contributed by atoms with van der Waals surface area (Å²) in [5.74, 6) is 0.216. The van der Waals surface area contributed by atoms with Crippen LogP contribution in [0.5, 0.6) is 0 Å². The van der Waals surface area contributed by atoms with E-state index in [0.717, 1.165) is 12.8 Å². The van der Waals surface area contributed by atoms with Gasteiger partial charge >= 0.3 is 6.03 Å². The molecule has 1 aromatic heterocycles. The number of amides is 3. The van der Waals surface area contributed by atoms with Crippen LogP contribution in [0.2, 0.25) is 0 Å². The minimum atomic E-state index is -0.848. The van der Waals surface area contributed by atoms with Crippen LogP contribution in [0.25, 0.3) is 0 Å². The summed E-state index contributed by atoms with van der Waals surface area (Å²) in [5.41, 5.74) is -0.252. The fourth-order valence-electron chi connectivity index (χ4n) is 3.39. The predicted octanol–water partition coefficient (Wildman–Crippen LogP) is 1.09. The summed E-state index contributed by atoms with van der Waals surface area (Å²) < 4.78 is 0. The highest BCUT2D eigenvalue weighted by atomic mass is 16.6. The molecule has 2 aliphatic rings. The summed E-state index contributed by atoms with van der Waals surface area (Å²) in [7, 11) is 0. The Morgan fingerprint density at radius 3 is 2.91 bits per heavy atom. The number of imide groups is 1. The van der Waals surface area contributed by atoms with E-state index in [4.69, 9.17) is 0 Å². The van der Waals surface area contributed by atoms with E-state index in [2.05, 4.69) is 20.9 Å². The Morgan fingerprint density at radius 1 is 1.52 bits per heavy atom. The average Bonchev–Trinajstić information content (AvgIpc) is 3.01. The van der Waals surface area contributed by atoms with Crippen molar-refractivity contribution in [2.45, 2.75) is 31.7 Å². The Labute approximate surface area is 132 Å². The van der Waals surface area contributed by atoms with Gasteiger partial charge in [0.2, 0.25) is 0 Å². The molecule has 2 heterocycles. The maximum Gasteiger partial charge on any atom is 0.322 e. The number of hydrogen-bond acceptors (Lipinski definition) is 6. The highest BCUT2D eigenvalue weighted by molar-refractivity contribution is 6.07. The first-order valence-electron chi connectivity index (χ1n) is 7.41. The zero-order valence-electron chi connectivity index (χ0n) is 12.6. The Hall–Kier alpha value is -2.71. The lowest BCUT2D eigenvalue weighted by Crippen LogP contribution is -2.51. The first-order chi connectivity index (χ1) is 10.9. The van der Waals surface area contributed by atoms with Crippen molar-refractivity contribution in [2.75, 3.05) is 11.9 Å². The Kier molecular flexibility index (Phi) is 3.63. The average molecular weight is 319 g/mol. The van der Waals surface area contributed by atoms with Crippen LogP contribution in [0.15, 0.2) is 12.3 Å². The molecular formula is C14H17N5O4. The van der Waals surface area contributed by atoms with Crippen molar-refractivity contribution in [3.63, 3.8) is 0 Å². The first-order valence-corrected chi connectivity index (χ1v) is 7.41. The number of urea groups is 1. The Morgan fingerprint density at radius 2 is 2.30 bits per heavy atom. The van der Waals surface area contributed by atoms with Crippen molar-refractivity contribution >= 4 is 23.4 Å². The van der Waals surface area contributed by atoms with Gasteiger partial charge in [0, 0.05) is 18.5 Å². The largest absolute Gasteiger partial charge is 0.369 e. The zero-order valence-corrected chi connectivity index (χ0v) is 12.6. The number of nitrogens with one attached hydrogen (secondary N) is 3. The fraction of sp³-hybridized carbons (Fsp3) is 0.500. The molecule has 1 spiro atoms. The second-order valence-corrected chi connectivity index (χ2v) is 5.97. The van der Waals surface area contributed by atoms with Crippen LogP contribution >= 0.6 is 0 Å². The van der Waals surface area contributed by atoms with Gasteiger partial charge < -0.3 is 10.6 Å². The third-order valence-electron chi connectivity index (χ3n) is 4.58. The molecule has 0 bridgehead atoms. The minimum absolute atomic E-state index is 0.0506. The summed E-state index contributed by atoms with van der Waals surface area (Å²) in [4.78, 5) is 37.9. The molecular weight excluding hydrogens is 302 g/mol. The second-order valence-electron chi connectivity index (χ2n) is 5.97. The zero-order chi connectivity index (χ0) is 16.6. The number of aryl methyl sites for hydroxylation is 1. The van der Waals surface area contributed by atoms with Crippen LogP contribution in [0, 0.1) is 23.0 Å². The number of rotatable bonds is 4. The summed E-state index contributed by atoms with van der Waals surface area (Å²) in [6.07, 6.45) is 3.48. The normalized spacial score (nSPS) is 26.2. The molecule has 1 saturated carbocycles. The lowest BCUT2D eigenvalue weighted by Gasteiger charge is -2.28. The molecule has 2 atom stereocenters. The van der Waals surface area contributed by atoms with Crippen molar-refractivity contribution in [3.05, 3.63) is 27.9 Å². The number of nitrogens with zero attached hydrogens (tertiary/aromatic N) is 2. The van der Waals surface area contributed by atoms with Crippen molar-refractivity contribution in [1.82, 2.24) is 15.6 Å². The van der Waals surface area contributed by atoms with Gasteiger partial charge in [0.25, 0.3) is 11.6 Å². The van der Waals surface area contributed by atoms with Gasteiger partial charge in [0.05, 0.1) is 4.92 Å². The molecule has 3 rings (SSSR count). The van der Waals surface area contributed by atoms with Crippen LogP contribution in [0.3, 0.4) is 0 Å². The molecule has 0 aromatic carbocycles. The number of anilines is 1. The van der Waals surface area contributed by atoms with Crippen LogP contribution in [0.1, 0.15) is 24.8 Å². The highest BCUT2D eigenvalue weighted by Gasteiger charge is 2.54. The van der Waals surface area contributed by atoms with Gasteiger partial charge in [-0.1, -0.05) is 6.42 Å². The molecule has 3 amide bonds. The number of aromatic nitrogens is 1. The third kappa shape index (κ3) is 2.58. The van der Waals surface area contributed by atoms with Crippen molar-refractivity contribution in [2.24, 2.45) is 5.92 Å².